The lowest BCUT2D eigenvalue weighted by Crippen LogP contribution is -2.33. The Bertz CT molecular complexity index is 643. The summed E-state index contributed by atoms with van der Waals surface area (Å²) in [7, 11) is 3.33. The normalized spacial score (nSPS) is 11.6. The van der Waals surface area contributed by atoms with Crippen LogP contribution in [0, 0.1) is 0 Å². The van der Waals surface area contributed by atoms with Crippen molar-refractivity contribution in [3.8, 4) is 5.75 Å². The fraction of sp³-hybridized carbons (Fsp3) is 0.235. The number of rotatable bonds is 4. The van der Waals surface area contributed by atoms with Crippen LogP contribution in [0.2, 0.25) is 5.02 Å². The van der Waals surface area contributed by atoms with Gasteiger partial charge in [0.25, 0.3) is 0 Å². The lowest BCUT2D eigenvalue weighted by molar-refractivity contribution is 0.208. The molecule has 0 radical (unpaired) electrons. The van der Waals surface area contributed by atoms with Crippen LogP contribution in [0.5, 0.6) is 5.75 Å². The summed E-state index contributed by atoms with van der Waals surface area (Å²) >= 11 is 5.89. The number of nitrogens with one attached hydrogen (secondary N) is 1. The van der Waals surface area contributed by atoms with Crippen molar-refractivity contribution in [1.29, 1.82) is 0 Å². The van der Waals surface area contributed by atoms with Crippen LogP contribution >= 0.6 is 11.6 Å². The fourth-order valence-corrected chi connectivity index (χ4v) is 2.22. The second-order valence-corrected chi connectivity index (χ2v) is 5.41. The zero-order chi connectivity index (χ0) is 16.1. The van der Waals surface area contributed by atoms with Crippen LogP contribution in [0.4, 0.5) is 10.5 Å². The average molecular weight is 319 g/mol. The summed E-state index contributed by atoms with van der Waals surface area (Å²) in [5, 5.41) is 3.54. The second-order valence-electron chi connectivity index (χ2n) is 4.97. The van der Waals surface area contributed by atoms with Crippen molar-refractivity contribution in [2.24, 2.45) is 0 Å². The molecule has 0 spiro atoms. The van der Waals surface area contributed by atoms with E-state index in [0.717, 1.165) is 5.56 Å². The van der Waals surface area contributed by atoms with Crippen LogP contribution < -0.4 is 10.1 Å². The van der Waals surface area contributed by atoms with Gasteiger partial charge in [0.15, 0.2) is 0 Å². The van der Waals surface area contributed by atoms with Crippen molar-refractivity contribution in [3.63, 3.8) is 0 Å². The average Bonchev–Trinajstić information content (AvgIpc) is 2.54. The molecule has 4 nitrogen and oxygen atoms in total. The van der Waals surface area contributed by atoms with Gasteiger partial charge in [0, 0.05) is 12.1 Å². The number of carbonyl (C=O) groups excluding carboxylic acids is 1. The minimum absolute atomic E-state index is 0.0769. The maximum absolute atomic E-state index is 12.4. The van der Waals surface area contributed by atoms with E-state index in [2.05, 4.69) is 5.32 Å². The van der Waals surface area contributed by atoms with E-state index >= 15 is 0 Å². The number of halogens is 1. The minimum atomic E-state index is -0.202. The third-order valence-electron chi connectivity index (χ3n) is 3.60. The Morgan fingerprint density at radius 3 is 2.45 bits per heavy atom. The van der Waals surface area contributed by atoms with Crippen molar-refractivity contribution >= 4 is 23.3 Å². The Balaban J connectivity index is 2.10. The Kier molecular flexibility index (Phi) is 5.28. The lowest BCUT2D eigenvalue weighted by atomic mass is 10.1. The SMILES string of the molecule is COc1ccccc1NC(=O)N(C)C(C)c1ccc(Cl)cc1. The Hall–Kier alpha value is -2.20. The number of methoxy groups -OCH3 is 1. The number of hydrogen-bond acceptors (Lipinski definition) is 2. The number of para-hydroxylation sites is 2. The highest BCUT2D eigenvalue weighted by molar-refractivity contribution is 6.30. The van der Waals surface area contributed by atoms with Gasteiger partial charge in [0.05, 0.1) is 18.8 Å². The second kappa shape index (κ2) is 7.18. The van der Waals surface area contributed by atoms with Gasteiger partial charge >= 0.3 is 6.03 Å². The number of anilines is 1. The molecular weight excluding hydrogens is 300 g/mol. The molecule has 0 bridgehead atoms. The molecule has 2 rings (SSSR count). The lowest BCUT2D eigenvalue weighted by Gasteiger charge is -2.26. The third kappa shape index (κ3) is 3.71. The van der Waals surface area contributed by atoms with Gasteiger partial charge in [-0.1, -0.05) is 35.9 Å². The van der Waals surface area contributed by atoms with Crippen molar-refractivity contribution in [1.82, 2.24) is 4.90 Å². The molecule has 0 saturated carbocycles. The molecule has 5 heteroatoms. The smallest absolute Gasteiger partial charge is 0.322 e. The molecule has 0 saturated heterocycles. The zero-order valence-electron chi connectivity index (χ0n) is 12.8. The van der Waals surface area contributed by atoms with Gasteiger partial charge in [-0.25, -0.2) is 4.79 Å². The van der Waals surface area contributed by atoms with E-state index < -0.39 is 0 Å². The van der Waals surface area contributed by atoms with Crippen LogP contribution in [0.15, 0.2) is 48.5 Å². The van der Waals surface area contributed by atoms with Gasteiger partial charge in [-0.15, -0.1) is 0 Å². The van der Waals surface area contributed by atoms with Crippen molar-refractivity contribution in [3.05, 3.63) is 59.1 Å². The number of urea groups is 1. The topological polar surface area (TPSA) is 41.6 Å². The van der Waals surface area contributed by atoms with Crippen molar-refractivity contribution in [2.75, 3.05) is 19.5 Å². The number of ether oxygens (including phenoxy) is 1. The van der Waals surface area contributed by atoms with E-state index in [1.807, 2.05) is 43.3 Å². The van der Waals surface area contributed by atoms with E-state index in [-0.39, 0.29) is 12.1 Å². The van der Waals surface area contributed by atoms with E-state index in [9.17, 15) is 4.79 Å². The Labute approximate surface area is 135 Å². The maximum Gasteiger partial charge on any atom is 0.322 e. The Morgan fingerprint density at radius 2 is 1.82 bits per heavy atom. The van der Waals surface area contributed by atoms with Gasteiger partial charge in [0.1, 0.15) is 5.75 Å². The number of nitrogens with zero attached hydrogens (tertiary/aromatic N) is 1. The summed E-state index contributed by atoms with van der Waals surface area (Å²) in [5.41, 5.74) is 1.66. The molecule has 0 aliphatic carbocycles. The van der Waals surface area contributed by atoms with Gasteiger partial charge in [-0.05, 0) is 36.8 Å². The first-order valence-electron chi connectivity index (χ1n) is 6.95. The van der Waals surface area contributed by atoms with Gasteiger partial charge in [-0.2, -0.15) is 0 Å². The van der Waals surface area contributed by atoms with E-state index in [1.165, 1.54) is 0 Å². The first kappa shape index (κ1) is 16.2. The minimum Gasteiger partial charge on any atom is -0.495 e. The number of benzene rings is 2. The van der Waals surface area contributed by atoms with Gasteiger partial charge < -0.3 is 15.0 Å². The predicted molar refractivity (Wildman–Crippen MR) is 89.6 cm³/mol. The van der Waals surface area contributed by atoms with Gasteiger partial charge in [-0.3, -0.25) is 0 Å². The molecule has 0 fully saturated rings. The van der Waals surface area contributed by atoms with Crippen molar-refractivity contribution in [2.45, 2.75) is 13.0 Å². The maximum atomic E-state index is 12.4. The predicted octanol–water partition coefficient (Wildman–Crippen LogP) is 4.57. The molecular formula is C17H19ClN2O2. The molecule has 2 aromatic rings. The van der Waals surface area contributed by atoms with Crippen LogP contribution in [-0.2, 0) is 0 Å². The monoisotopic (exact) mass is 318 g/mol. The van der Waals surface area contributed by atoms with E-state index in [0.29, 0.717) is 16.5 Å². The summed E-state index contributed by atoms with van der Waals surface area (Å²) in [6, 6.07) is 14.5. The fourth-order valence-electron chi connectivity index (χ4n) is 2.09. The molecule has 116 valence electrons. The van der Waals surface area contributed by atoms with Crippen LogP contribution in [0.25, 0.3) is 0 Å². The molecule has 1 N–H and O–H groups in total. The summed E-state index contributed by atoms with van der Waals surface area (Å²) in [4.78, 5) is 14.0. The highest BCUT2D eigenvalue weighted by Crippen LogP contribution is 2.25. The van der Waals surface area contributed by atoms with E-state index in [4.69, 9.17) is 16.3 Å². The molecule has 0 aliphatic heterocycles. The van der Waals surface area contributed by atoms with Crippen molar-refractivity contribution < 1.29 is 9.53 Å². The molecule has 2 aromatic carbocycles. The highest BCUT2D eigenvalue weighted by Gasteiger charge is 2.18. The molecule has 1 unspecified atom stereocenters. The quantitative estimate of drug-likeness (QED) is 0.897. The zero-order valence-corrected chi connectivity index (χ0v) is 13.6. The summed E-state index contributed by atoms with van der Waals surface area (Å²) < 4.78 is 5.24. The molecule has 22 heavy (non-hydrogen) atoms. The van der Waals surface area contributed by atoms with Crippen LogP contribution in [0.1, 0.15) is 18.5 Å². The summed E-state index contributed by atoms with van der Waals surface area (Å²) in [6.07, 6.45) is 0. The standard InChI is InChI=1S/C17H19ClN2O2/c1-12(13-8-10-14(18)11-9-13)20(2)17(21)19-15-6-4-5-7-16(15)22-3/h4-12H,1-3H3,(H,19,21). The first-order valence-corrected chi connectivity index (χ1v) is 7.33. The molecule has 2 amide bonds. The van der Waals surface area contributed by atoms with E-state index in [1.54, 1.807) is 31.2 Å². The summed E-state index contributed by atoms with van der Waals surface area (Å²) in [5.74, 6) is 0.628. The van der Waals surface area contributed by atoms with Gasteiger partial charge in [0.2, 0.25) is 0 Å². The number of amides is 2. The molecule has 0 aromatic heterocycles. The number of carbonyl (C=O) groups is 1. The van der Waals surface area contributed by atoms with Crippen LogP contribution in [0.3, 0.4) is 0 Å². The highest BCUT2D eigenvalue weighted by atomic mass is 35.5. The number of hydrogen-bond donors (Lipinski definition) is 1. The van der Waals surface area contributed by atoms with Crippen LogP contribution in [-0.4, -0.2) is 25.1 Å². The molecule has 0 heterocycles. The largest absolute Gasteiger partial charge is 0.495 e. The third-order valence-corrected chi connectivity index (χ3v) is 3.85. The molecule has 0 aliphatic rings. The summed E-state index contributed by atoms with van der Waals surface area (Å²) in [6.45, 7) is 1.96. The first-order chi connectivity index (χ1) is 10.5. The Morgan fingerprint density at radius 1 is 1.18 bits per heavy atom. The molecule has 1 atom stereocenters.